The quantitative estimate of drug-likeness (QED) is 0.370. The van der Waals surface area contributed by atoms with E-state index in [2.05, 4.69) is 75.4 Å². The van der Waals surface area contributed by atoms with Gasteiger partial charge in [-0.15, -0.1) is 0 Å². The first-order valence-corrected chi connectivity index (χ1v) is 7.75. The predicted molar refractivity (Wildman–Crippen MR) is 95.5 cm³/mol. The van der Waals surface area contributed by atoms with E-state index < -0.39 is 0 Å². The van der Waals surface area contributed by atoms with Crippen LogP contribution in [0.5, 0.6) is 0 Å². The largest absolute Gasteiger partial charge is 0.260 e. The molecule has 1 aromatic heterocycles. The normalized spacial score (nSPS) is 12.3. The van der Waals surface area contributed by atoms with Gasteiger partial charge in [-0.1, -0.05) is 69.3 Å². The van der Waals surface area contributed by atoms with Crippen LogP contribution in [0.15, 0.2) is 60.8 Å². The molecule has 4 rings (SSSR count). The lowest BCUT2D eigenvalue weighted by molar-refractivity contribution is 0.570. The number of nitrogens with zero attached hydrogens (tertiary/aromatic N) is 1. The van der Waals surface area contributed by atoms with Crippen LogP contribution < -0.4 is 0 Å². The fraction of sp³-hybridized carbons (Fsp3) is 0.190. The highest BCUT2D eigenvalue weighted by atomic mass is 14.7. The van der Waals surface area contributed by atoms with Crippen molar-refractivity contribution in [1.82, 2.24) is 4.98 Å². The number of pyridine rings is 1. The molecule has 0 aliphatic rings. The van der Waals surface area contributed by atoms with E-state index in [1.807, 2.05) is 6.20 Å². The smallest absolute Gasteiger partial charge is 0.0463 e. The van der Waals surface area contributed by atoms with Gasteiger partial charge in [-0.25, -0.2) is 0 Å². The van der Waals surface area contributed by atoms with E-state index in [0.717, 1.165) is 5.69 Å². The van der Waals surface area contributed by atoms with Gasteiger partial charge in [0.2, 0.25) is 0 Å². The van der Waals surface area contributed by atoms with Crippen LogP contribution in [0.3, 0.4) is 0 Å². The van der Waals surface area contributed by atoms with Crippen LogP contribution in [-0.2, 0) is 5.41 Å². The summed E-state index contributed by atoms with van der Waals surface area (Å²) in [4.78, 5) is 4.74. The summed E-state index contributed by atoms with van der Waals surface area (Å²) in [6.07, 6.45) is 2.05. The molecule has 0 saturated carbocycles. The Kier molecular flexibility index (Phi) is 2.74. The highest BCUT2D eigenvalue weighted by Gasteiger charge is 2.17. The summed E-state index contributed by atoms with van der Waals surface area (Å²) in [5.74, 6) is 0. The minimum Gasteiger partial charge on any atom is -0.260 e. The maximum absolute atomic E-state index is 4.74. The molecule has 4 aromatic rings. The highest BCUT2D eigenvalue weighted by Crippen LogP contribution is 2.36. The first-order valence-electron chi connectivity index (χ1n) is 7.75. The van der Waals surface area contributed by atoms with Crippen molar-refractivity contribution in [1.29, 1.82) is 0 Å². The van der Waals surface area contributed by atoms with Crippen LogP contribution in [0.25, 0.3) is 32.3 Å². The third-order valence-corrected chi connectivity index (χ3v) is 4.40. The fourth-order valence-corrected chi connectivity index (χ4v) is 3.21. The minimum atomic E-state index is 0.0565. The van der Waals surface area contributed by atoms with E-state index in [1.165, 1.54) is 32.3 Å². The average molecular weight is 285 g/mol. The van der Waals surface area contributed by atoms with Gasteiger partial charge in [-0.05, 0) is 33.0 Å². The van der Waals surface area contributed by atoms with E-state index in [-0.39, 0.29) is 5.41 Å². The molecule has 22 heavy (non-hydrogen) atoms. The summed E-state index contributed by atoms with van der Waals surface area (Å²) in [6.45, 7) is 6.64. The minimum absolute atomic E-state index is 0.0565. The number of fused-ring (bicyclic) bond motifs is 6. The van der Waals surface area contributed by atoms with Crippen LogP contribution in [0.4, 0.5) is 0 Å². The molecule has 108 valence electrons. The highest BCUT2D eigenvalue weighted by molar-refractivity contribution is 6.25. The Morgan fingerprint density at radius 1 is 0.636 bits per heavy atom. The van der Waals surface area contributed by atoms with E-state index in [0.29, 0.717) is 0 Å². The number of hydrogen-bond donors (Lipinski definition) is 0. The molecule has 0 atom stereocenters. The maximum Gasteiger partial charge on any atom is 0.0463 e. The molecule has 0 aliphatic carbocycles. The number of benzene rings is 3. The second-order valence-corrected chi connectivity index (χ2v) is 6.96. The Bertz CT molecular complexity index is 971. The van der Waals surface area contributed by atoms with Crippen molar-refractivity contribution in [3.05, 3.63) is 66.5 Å². The Balaban J connectivity index is 2.27. The van der Waals surface area contributed by atoms with E-state index in [9.17, 15) is 0 Å². The number of hydrogen-bond acceptors (Lipinski definition) is 1. The molecule has 0 spiro atoms. The molecule has 0 fully saturated rings. The fourth-order valence-electron chi connectivity index (χ4n) is 3.21. The van der Waals surface area contributed by atoms with Crippen molar-refractivity contribution in [2.24, 2.45) is 0 Å². The van der Waals surface area contributed by atoms with Crippen molar-refractivity contribution >= 4 is 32.3 Å². The molecule has 0 saturated heterocycles. The average Bonchev–Trinajstić information content (AvgIpc) is 2.54. The van der Waals surface area contributed by atoms with Crippen LogP contribution in [0, 0.1) is 0 Å². The van der Waals surface area contributed by atoms with Gasteiger partial charge in [-0.3, -0.25) is 4.98 Å². The van der Waals surface area contributed by atoms with Gasteiger partial charge in [0.25, 0.3) is 0 Å². The molecule has 0 bridgehead atoms. The van der Waals surface area contributed by atoms with Gasteiger partial charge < -0.3 is 0 Å². The van der Waals surface area contributed by atoms with Gasteiger partial charge in [0, 0.05) is 22.7 Å². The lowest BCUT2D eigenvalue weighted by Gasteiger charge is -2.19. The second kappa shape index (κ2) is 4.54. The molecule has 0 aliphatic heterocycles. The maximum atomic E-state index is 4.74. The van der Waals surface area contributed by atoms with Gasteiger partial charge in [-0.2, -0.15) is 0 Å². The summed E-state index contributed by atoms with van der Waals surface area (Å²) >= 11 is 0. The molecule has 1 heteroatoms. The van der Waals surface area contributed by atoms with Crippen molar-refractivity contribution in [3.63, 3.8) is 0 Å². The molecule has 1 nitrogen and oxygen atoms in total. The predicted octanol–water partition coefficient (Wildman–Crippen LogP) is 5.84. The van der Waals surface area contributed by atoms with Crippen molar-refractivity contribution in [2.75, 3.05) is 0 Å². The topological polar surface area (TPSA) is 12.9 Å². The first-order chi connectivity index (χ1) is 10.6. The summed E-state index contributed by atoms with van der Waals surface area (Å²) in [5.41, 5.74) is 1.20. The standard InChI is InChI=1S/C21H19N/c1-21(2,3)20-12-18-16-10-6-4-8-14(16)15-9-5-7-11-17(15)19(18)13-22-20/h4-13H,1-3H3. The molecule has 0 amide bonds. The molecule has 0 unspecified atom stereocenters. The van der Waals surface area contributed by atoms with E-state index in [4.69, 9.17) is 4.98 Å². The van der Waals surface area contributed by atoms with Crippen LogP contribution >= 0.6 is 0 Å². The monoisotopic (exact) mass is 285 g/mol. The Morgan fingerprint density at radius 3 is 1.59 bits per heavy atom. The molecule has 3 aromatic carbocycles. The number of aromatic nitrogens is 1. The third-order valence-electron chi connectivity index (χ3n) is 4.40. The first kappa shape index (κ1) is 13.3. The molecular formula is C21H19N. The number of rotatable bonds is 0. The molecule has 1 heterocycles. The Labute approximate surface area is 130 Å². The van der Waals surface area contributed by atoms with Gasteiger partial charge in [0.15, 0.2) is 0 Å². The summed E-state index contributed by atoms with van der Waals surface area (Å²) in [5, 5.41) is 7.75. The van der Waals surface area contributed by atoms with E-state index in [1.54, 1.807) is 0 Å². The van der Waals surface area contributed by atoms with Crippen LogP contribution in [-0.4, -0.2) is 4.98 Å². The SMILES string of the molecule is CC(C)(C)c1cc2c3ccccc3c3ccccc3c2cn1. The van der Waals surface area contributed by atoms with Crippen molar-refractivity contribution in [2.45, 2.75) is 26.2 Å². The lowest BCUT2D eigenvalue weighted by atomic mass is 9.88. The zero-order valence-corrected chi connectivity index (χ0v) is 13.2. The van der Waals surface area contributed by atoms with Gasteiger partial charge >= 0.3 is 0 Å². The van der Waals surface area contributed by atoms with Crippen LogP contribution in [0.1, 0.15) is 26.5 Å². The van der Waals surface area contributed by atoms with Crippen LogP contribution in [0.2, 0.25) is 0 Å². The third kappa shape index (κ3) is 1.89. The zero-order valence-electron chi connectivity index (χ0n) is 13.2. The van der Waals surface area contributed by atoms with Crippen molar-refractivity contribution < 1.29 is 0 Å². The summed E-state index contributed by atoms with van der Waals surface area (Å²) in [6, 6.07) is 19.6. The van der Waals surface area contributed by atoms with Gasteiger partial charge in [0.1, 0.15) is 0 Å². The Hall–Kier alpha value is -2.41. The lowest BCUT2D eigenvalue weighted by Crippen LogP contribution is -2.13. The molecule has 0 N–H and O–H groups in total. The summed E-state index contributed by atoms with van der Waals surface area (Å²) in [7, 11) is 0. The zero-order chi connectivity index (χ0) is 15.3. The Morgan fingerprint density at radius 2 is 1.09 bits per heavy atom. The molecule has 0 radical (unpaired) electrons. The van der Waals surface area contributed by atoms with Crippen molar-refractivity contribution in [3.8, 4) is 0 Å². The second-order valence-electron chi connectivity index (χ2n) is 6.96. The van der Waals surface area contributed by atoms with E-state index >= 15 is 0 Å². The molecular weight excluding hydrogens is 266 g/mol. The summed E-state index contributed by atoms with van der Waals surface area (Å²) < 4.78 is 0. The van der Waals surface area contributed by atoms with Gasteiger partial charge in [0.05, 0.1) is 0 Å².